The van der Waals surface area contributed by atoms with Crippen molar-refractivity contribution in [3.63, 3.8) is 0 Å². The molecule has 2 N–H and O–H groups in total. The normalized spacial score (nSPS) is 13.2. The summed E-state index contributed by atoms with van der Waals surface area (Å²) in [4.78, 5) is 23.6. The molecule has 0 saturated carbocycles. The molecule has 1 heterocycles. The highest BCUT2D eigenvalue weighted by Gasteiger charge is 2.33. The maximum atomic E-state index is 12.0. The Bertz CT molecular complexity index is 460. The lowest BCUT2D eigenvalue weighted by Crippen LogP contribution is -2.48. The fraction of sp³-hybridized carbons (Fsp3) is 0.455. The van der Waals surface area contributed by atoms with Crippen LogP contribution in [0, 0.1) is 5.41 Å². The highest BCUT2D eigenvalue weighted by Crippen LogP contribution is 2.32. The van der Waals surface area contributed by atoms with E-state index >= 15 is 0 Å². The Morgan fingerprint density at radius 3 is 2.28 bits per heavy atom. The van der Waals surface area contributed by atoms with E-state index in [0.29, 0.717) is 4.88 Å². The number of carboxylic acid groups (broad SMARTS) is 1. The van der Waals surface area contributed by atoms with Crippen LogP contribution in [-0.4, -0.2) is 23.0 Å². The largest absolute Gasteiger partial charge is 0.480 e. The number of amides is 1. The molecule has 100 valence electrons. The van der Waals surface area contributed by atoms with Gasteiger partial charge < -0.3 is 10.4 Å². The molecule has 0 unspecified atom stereocenters. The maximum Gasteiger partial charge on any atom is 0.326 e. The van der Waals surface area contributed by atoms with Crippen molar-refractivity contribution in [3.05, 3.63) is 19.2 Å². The van der Waals surface area contributed by atoms with Gasteiger partial charge in [-0.1, -0.05) is 20.8 Å². The molecule has 1 aromatic rings. The van der Waals surface area contributed by atoms with Crippen LogP contribution in [0.2, 0.25) is 0 Å². The molecule has 0 aliphatic heterocycles. The second kappa shape index (κ2) is 5.71. The fourth-order valence-corrected chi connectivity index (χ4v) is 3.25. The second-order valence-corrected chi connectivity index (χ2v) is 8.07. The number of thiophene rings is 1. The minimum absolute atomic E-state index is 0.381. The standard InChI is InChI=1S/C11H13Br2NO3S/c1-11(2,3)7(10(16)17)14-9(15)6-4-5(12)8(13)18-6/h4,7H,1-3H3,(H,14,15)(H,16,17)/t7-/m0/s1. The number of aliphatic carboxylic acids is 1. The first-order chi connectivity index (χ1) is 8.12. The lowest BCUT2D eigenvalue weighted by molar-refractivity contribution is -0.142. The molecular formula is C11H13Br2NO3S. The molecule has 0 fully saturated rings. The molecule has 0 aromatic carbocycles. The van der Waals surface area contributed by atoms with Crippen molar-refractivity contribution in [2.75, 3.05) is 0 Å². The summed E-state index contributed by atoms with van der Waals surface area (Å²) in [7, 11) is 0. The zero-order chi connectivity index (χ0) is 14.1. The zero-order valence-corrected chi connectivity index (χ0v) is 14.1. The highest BCUT2D eigenvalue weighted by atomic mass is 79.9. The molecule has 1 aromatic heterocycles. The molecule has 0 bridgehead atoms. The number of hydrogen-bond donors (Lipinski definition) is 2. The lowest BCUT2D eigenvalue weighted by Gasteiger charge is -2.27. The number of carbonyl (C=O) groups is 2. The Morgan fingerprint density at radius 1 is 1.39 bits per heavy atom. The van der Waals surface area contributed by atoms with Gasteiger partial charge >= 0.3 is 5.97 Å². The average molecular weight is 399 g/mol. The van der Waals surface area contributed by atoms with Crippen LogP contribution in [0.25, 0.3) is 0 Å². The molecule has 0 saturated heterocycles. The first kappa shape index (κ1) is 15.7. The van der Waals surface area contributed by atoms with Gasteiger partial charge in [0.15, 0.2) is 0 Å². The van der Waals surface area contributed by atoms with E-state index < -0.39 is 17.4 Å². The Balaban J connectivity index is 2.89. The van der Waals surface area contributed by atoms with Crippen LogP contribution in [-0.2, 0) is 4.79 Å². The van der Waals surface area contributed by atoms with Crippen LogP contribution in [0.15, 0.2) is 14.3 Å². The Kier molecular flexibility index (Phi) is 4.97. The van der Waals surface area contributed by atoms with E-state index in [9.17, 15) is 9.59 Å². The molecule has 1 atom stereocenters. The predicted octanol–water partition coefficient (Wildman–Crippen LogP) is 3.50. The van der Waals surface area contributed by atoms with Crippen LogP contribution in [0.1, 0.15) is 30.4 Å². The van der Waals surface area contributed by atoms with Gasteiger partial charge in [-0.05, 0) is 43.3 Å². The van der Waals surface area contributed by atoms with Gasteiger partial charge in [-0.25, -0.2) is 4.79 Å². The average Bonchev–Trinajstić information content (AvgIpc) is 2.53. The van der Waals surface area contributed by atoms with Gasteiger partial charge in [-0.2, -0.15) is 0 Å². The Morgan fingerprint density at radius 2 is 1.94 bits per heavy atom. The summed E-state index contributed by atoms with van der Waals surface area (Å²) < 4.78 is 1.58. The Hall–Kier alpha value is -0.400. The number of halogens is 2. The third kappa shape index (κ3) is 3.80. The van der Waals surface area contributed by atoms with Crippen molar-refractivity contribution in [2.45, 2.75) is 26.8 Å². The van der Waals surface area contributed by atoms with E-state index in [0.717, 1.165) is 8.26 Å². The number of hydrogen-bond acceptors (Lipinski definition) is 3. The van der Waals surface area contributed by atoms with Crippen molar-refractivity contribution < 1.29 is 14.7 Å². The summed E-state index contributed by atoms with van der Waals surface area (Å²) in [5, 5.41) is 11.7. The first-order valence-corrected chi connectivity index (χ1v) is 7.51. The van der Waals surface area contributed by atoms with Gasteiger partial charge in [0, 0.05) is 4.47 Å². The molecule has 1 rings (SSSR count). The van der Waals surface area contributed by atoms with Crippen molar-refractivity contribution in [1.82, 2.24) is 5.32 Å². The van der Waals surface area contributed by atoms with Gasteiger partial charge in [0.25, 0.3) is 5.91 Å². The van der Waals surface area contributed by atoms with Gasteiger partial charge in [0.2, 0.25) is 0 Å². The summed E-state index contributed by atoms with van der Waals surface area (Å²) in [6.45, 7) is 5.31. The number of carboxylic acids is 1. The van der Waals surface area contributed by atoms with Crippen LogP contribution in [0.3, 0.4) is 0 Å². The molecule has 0 aliphatic rings. The van der Waals surface area contributed by atoms with Gasteiger partial charge in [-0.15, -0.1) is 11.3 Å². The number of rotatable bonds is 3. The van der Waals surface area contributed by atoms with Gasteiger partial charge in [-0.3, -0.25) is 4.79 Å². The number of carbonyl (C=O) groups excluding carboxylic acids is 1. The van der Waals surface area contributed by atoms with Crippen LogP contribution in [0.5, 0.6) is 0 Å². The van der Waals surface area contributed by atoms with Crippen LogP contribution >= 0.6 is 43.2 Å². The maximum absolute atomic E-state index is 12.0. The van der Waals surface area contributed by atoms with Gasteiger partial charge in [0.05, 0.1) is 8.66 Å². The summed E-state index contributed by atoms with van der Waals surface area (Å²) in [6.07, 6.45) is 0. The molecular weight excluding hydrogens is 386 g/mol. The predicted molar refractivity (Wildman–Crippen MR) is 78.1 cm³/mol. The highest BCUT2D eigenvalue weighted by molar-refractivity contribution is 9.13. The van der Waals surface area contributed by atoms with E-state index in [1.165, 1.54) is 11.3 Å². The molecule has 0 radical (unpaired) electrons. The van der Waals surface area contributed by atoms with Crippen molar-refractivity contribution >= 4 is 55.1 Å². The monoisotopic (exact) mass is 397 g/mol. The second-order valence-electron chi connectivity index (χ2n) is 4.84. The van der Waals surface area contributed by atoms with E-state index in [2.05, 4.69) is 37.2 Å². The van der Waals surface area contributed by atoms with E-state index in [-0.39, 0.29) is 5.91 Å². The molecule has 0 spiro atoms. The lowest BCUT2D eigenvalue weighted by atomic mass is 9.87. The summed E-state index contributed by atoms with van der Waals surface area (Å²) in [6, 6.07) is 0.732. The molecule has 18 heavy (non-hydrogen) atoms. The minimum Gasteiger partial charge on any atom is -0.480 e. The van der Waals surface area contributed by atoms with Crippen molar-refractivity contribution in [1.29, 1.82) is 0 Å². The molecule has 4 nitrogen and oxygen atoms in total. The third-order valence-electron chi connectivity index (χ3n) is 2.26. The number of nitrogens with one attached hydrogen (secondary N) is 1. The topological polar surface area (TPSA) is 66.4 Å². The Labute approximate surface area is 126 Å². The molecule has 7 heteroatoms. The van der Waals surface area contributed by atoms with Crippen molar-refractivity contribution in [2.24, 2.45) is 5.41 Å². The molecule has 1 amide bonds. The first-order valence-electron chi connectivity index (χ1n) is 5.11. The van der Waals surface area contributed by atoms with Crippen LogP contribution in [0.4, 0.5) is 0 Å². The minimum atomic E-state index is -1.04. The van der Waals surface area contributed by atoms with Gasteiger partial charge in [0.1, 0.15) is 6.04 Å². The van der Waals surface area contributed by atoms with Crippen LogP contribution < -0.4 is 5.32 Å². The van der Waals surface area contributed by atoms with E-state index in [1.54, 1.807) is 26.8 Å². The summed E-state index contributed by atoms with van der Waals surface area (Å²) in [5.41, 5.74) is -0.548. The van der Waals surface area contributed by atoms with E-state index in [1.807, 2.05) is 0 Å². The SMILES string of the molecule is CC(C)(C)[C@@H](NC(=O)c1cc(Br)c(Br)s1)C(=O)O. The quantitative estimate of drug-likeness (QED) is 0.818. The molecule has 0 aliphatic carbocycles. The van der Waals surface area contributed by atoms with Crippen molar-refractivity contribution in [3.8, 4) is 0 Å². The summed E-state index contributed by atoms with van der Waals surface area (Å²) in [5.74, 6) is -1.42. The smallest absolute Gasteiger partial charge is 0.326 e. The fourth-order valence-electron chi connectivity index (χ4n) is 1.31. The summed E-state index contributed by atoms with van der Waals surface area (Å²) >= 11 is 7.83. The van der Waals surface area contributed by atoms with E-state index in [4.69, 9.17) is 5.11 Å². The third-order valence-corrected chi connectivity index (χ3v) is 5.51. The zero-order valence-electron chi connectivity index (χ0n) is 10.1.